The van der Waals surface area contributed by atoms with Crippen LogP contribution in [0.15, 0.2) is 29.3 Å². The Labute approximate surface area is 170 Å². The second-order valence-electron chi connectivity index (χ2n) is 6.28. The van der Waals surface area contributed by atoms with Crippen LogP contribution in [-0.2, 0) is 0 Å². The van der Waals surface area contributed by atoms with Gasteiger partial charge in [-0.2, -0.15) is 0 Å². The quantitative estimate of drug-likeness (QED) is 0.222. The highest BCUT2D eigenvalue weighted by atomic mass is 127. The third kappa shape index (κ3) is 11.3. The molecule has 0 aliphatic carbocycles. The van der Waals surface area contributed by atoms with Gasteiger partial charge in [-0.05, 0) is 77.0 Å². The number of hydrogen-bond acceptors (Lipinski definition) is 3. The van der Waals surface area contributed by atoms with Crippen molar-refractivity contribution in [2.75, 3.05) is 31.5 Å². The van der Waals surface area contributed by atoms with Crippen LogP contribution in [-0.4, -0.2) is 43.1 Å². The first-order valence-corrected chi connectivity index (χ1v) is 9.11. The fourth-order valence-electron chi connectivity index (χ4n) is 2.54. The number of halogens is 1. The molecular formula is C19H35IN4O. The molecular weight excluding hydrogens is 427 g/mol. The van der Waals surface area contributed by atoms with Crippen LogP contribution in [0.5, 0.6) is 5.75 Å². The maximum atomic E-state index is 5.95. The molecule has 0 spiro atoms. The van der Waals surface area contributed by atoms with E-state index in [4.69, 9.17) is 10.5 Å². The van der Waals surface area contributed by atoms with E-state index in [2.05, 4.69) is 29.1 Å². The number of guanidine groups is 1. The third-order valence-corrected chi connectivity index (χ3v) is 3.49. The number of nitrogens with one attached hydrogen (secondary N) is 1. The average Bonchev–Trinajstić information content (AvgIpc) is 2.53. The van der Waals surface area contributed by atoms with Gasteiger partial charge in [-0.1, -0.05) is 13.8 Å². The predicted molar refractivity (Wildman–Crippen MR) is 119 cm³/mol. The molecule has 0 radical (unpaired) electrons. The fraction of sp³-hybridized carbons (Fsp3) is 0.632. The van der Waals surface area contributed by atoms with Crippen LogP contribution < -0.4 is 15.8 Å². The Hall–Kier alpha value is -1.02. The van der Waals surface area contributed by atoms with Gasteiger partial charge in [0.25, 0.3) is 0 Å². The molecule has 3 N–H and O–H groups in total. The molecule has 0 aliphatic rings. The van der Waals surface area contributed by atoms with E-state index in [1.165, 1.54) is 12.8 Å². The zero-order valence-corrected chi connectivity index (χ0v) is 18.5. The summed E-state index contributed by atoms with van der Waals surface area (Å²) in [5.41, 5.74) is 6.87. The van der Waals surface area contributed by atoms with Gasteiger partial charge in [0, 0.05) is 12.2 Å². The SMILES string of the molecule is CCCN(CCC)CCCN=C(N)Nc1ccc(OC(C)C)cc1.I. The molecule has 0 amide bonds. The minimum absolute atomic E-state index is 0. The lowest BCUT2D eigenvalue weighted by atomic mass is 10.3. The highest BCUT2D eigenvalue weighted by Crippen LogP contribution is 2.16. The third-order valence-electron chi connectivity index (χ3n) is 3.49. The molecule has 0 unspecified atom stereocenters. The Morgan fingerprint density at radius 2 is 1.72 bits per heavy atom. The highest BCUT2D eigenvalue weighted by molar-refractivity contribution is 14.0. The van der Waals surface area contributed by atoms with E-state index >= 15 is 0 Å². The molecule has 0 aromatic heterocycles. The van der Waals surface area contributed by atoms with Crippen molar-refractivity contribution in [1.29, 1.82) is 0 Å². The number of benzene rings is 1. The van der Waals surface area contributed by atoms with E-state index in [1.807, 2.05) is 38.1 Å². The summed E-state index contributed by atoms with van der Waals surface area (Å²) in [6.45, 7) is 12.6. The van der Waals surface area contributed by atoms with Crippen molar-refractivity contribution in [2.45, 2.75) is 53.1 Å². The second-order valence-corrected chi connectivity index (χ2v) is 6.28. The van der Waals surface area contributed by atoms with Crippen molar-refractivity contribution in [3.8, 4) is 5.75 Å². The van der Waals surface area contributed by atoms with Crippen molar-refractivity contribution < 1.29 is 4.74 Å². The van der Waals surface area contributed by atoms with Gasteiger partial charge in [0.1, 0.15) is 5.75 Å². The summed E-state index contributed by atoms with van der Waals surface area (Å²) in [7, 11) is 0. The lowest BCUT2D eigenvalue weighted by Crippen LogP contribution is -2.27. The summed E-state index contributed by atoms with van der Waals surface area (Å²) in [4.78, 5) is 6.90. The first-order chi connectivity index (χ1) is 11.5. The van der Waals surface area contributed by atoms with Gasteiger partial charge < -0.3 is 20.7 Å². The summed E-state index contributed by atoms with van der Waals surface area (Å²) >= 11 is 0. The summed E-state index contributed by atoms with van der Waals surface area (Å²) < 4.78 is 5.62. The van der Waals surface area contributed by atoms with Crippen LogP contribution in [0.1, 0.15) is 47.0 Å². The van der Waals surface area contributed by atoms with E-state index in [0.717, 1.165) is 44.0 Å². The van der Waals surface area contributed by atoms with E-state index in [0.29, 0.717) is 5.96 Å². The lowest BCUT2D eigenvalue weighted by molar-refractivity contribution is 0.242. The molecule has 0 atom stereocenters. The minimum Gasteiger partial charge on any atom is -0.491 e. The molecule has 1 aromatic carbocycles. The molecule has 0 bridgehead atoms. The molecule has 0 aliphatic heterocycles. The van der Waals surface area contributed by atoms with Gasteiger partial charge in [-0.3, -0.25) is 4.99 Å². The van der Waals surface area contributed by atoms with Crippen molar-refractivity contribution in [3.63, 3.8) is 0 Å². The zero-order valence-electron chi connectivity index (χ0n) is 16.1. The summed E-state index contributed by atoms with van der Waals surface area (Å²) in [5, 5.41) is 3.12. The van der Waals surface area contributed by atoms with E-state index in [-0.39, 0.29) is 30.1 Å². The van der Waals surface area contributed by atoms with E-state index in [9.17, 15) is 0 Å². The van der Waals surface area contributed by atoms with Gasteiger partial charge in [0.15, 0.2) is 5.96 Å². The molecule has 0 saturated carbocycles. The van der Waals surface area contributed by atoms with Crippen LogP contribution in [0.4, 0.5) is 5.69 Å². The Kier molecular flexibility index (Phi) is 13.6. The molecule has 25 heavy (non-hydrogen) atoms. The molecule has 0 fully saturated rings. The van der Waals surface area contributed by atoms with Crippen LogP contribution in [0.3, 0.4) is 0 Å². The summed E-state index contributed by atoms with van der Waals surface area (Å²) in [6.07, 6.45) is 3.60. The first kappa shape index (κ1) is 24.0. The molecule has 144 valence electrons. The second kappa shape index (κ2) is 14.2. The fourth-order valence-corrected chi connectivity index (χ4v) is 2.54. The smallest absolute Gasteiger partial charge is 0.193 e. The predicted octanol–water partition coefficient (Wildman–Crippen LogP) is 4.33. The Balaban J connectivity index is 0.00000576. The van der Waals surface area contributed by atoms with Crippen molar-refractivity contribution in [1.82, 2.24) is 4.90 Å². The van der Waals surface area contributed by atoms with Crippen LogP contribution in [0.2, 0.25) is 0 Å². The first-order valence-electron chi connectivity index (χ1n) is 9.11. The topological polar surface area (TPSA) is 62.9 Å². The zero-order chi connectivity index (χ0) is 17.8. The minimum atomic E-state index is 0. The lowest BCUT2D eigenvalue weighted by Gasteiger charge is -2.20. The monoisotopic (exact) mass is 462 g/mol. The molecule has 0 heterocycles. The number of nitrogens with two attached hydrogens (primary N) is 1. The molecule has 6 heteroatoms. The van der Waals surface area contributed by atoms with Gasteiger partial charge in [-0.15, -0.1) is 24.0 Å². The Morgan fingerprint density at radius 1 is 1.12 bits per heavy atom. The number of nitrogens with zero attached hydrogens (tertiary/aromatic N) is 2. The maximum absolute atomic E-state index is 5.95. The number of aliphatic imine (C=N–C) groups is 1. The molecule has 1 rings (SSSR count). The number of anilines is 1. The normalized spacial score (nSPS) is 11.5. The van der Waals surface area contributed by atoms with E-state index < -0.39 is 0 Å². The van der Waals surface area contributed by atoms with Crippen LogP contribution >= 0.6 is 24.0 Å². The summed E-state index contributed by atoms with van der Waals surface area (Å²) in [5.74, 6) is 1.32. The Morgan fingerprint density at radius 3 is 2.24 bits per heavy atom. The largest absolute Gasteiger partial charge is 0.491 e. The van der Waals surface area contributed by atoms with Crippen molar-refractivity contribution in [2.24, 2.45) is 10.7 Å². The highest BCUT2D eigenvalue weighted by Gasteiger charge is 2.02. The molecule has 0 saturated heterocycles. The van der Waals surface area contributed by atoms with Gasteiger partial charge in [0.05, 0.1) is 6.10 Å². The van der Waals surface area contributed by atoms with Gasteiger partial charge in [0.2, 0.25) is 0 Å². The van der Waals surface area contributed by atoms with E-state index in [1.54, 1.807) is 0 Å². The van der Waals surface area contributed by atoms with Gasteiger partial charge in [-0.25, -0.2) is 0 Å². The number of ether oxygens (including phenoxy) is 1. The summed E-state index contributed by atoms with van der Waals surface area (Å²) in [6, 6.07) is 7.76. The van der Waals surface area contributed by atoms with Crippen LogP contribution in [0, 0.1) is 0 Å². The standard InChI is InChI=1S/C19H34N4O.HI/c1-5-13-23(14-6-2)15-7-12-21-19(20)22-17-8-10-18(11-9-17)24-16(3)4;/h8-11,16H,5-7,12-15H2,1-4H3,(H3,20,21,22);1H. The average molecular weight is 462 g/mol. The van der Waals surface area contributed by atoms with Crippen LogP contribution in [0.25, 0.3) is 0 Å². The number of rotatable bonds is 11. The van der Waals surface area contributed by atoms with Crippen molar-refractivity contribution >= 4 is 35.6 Å². The Bertz CT molecular complexity index is 471. The van der Waals surface area contributed by atoms with Crippen molar-refractivity contribution in [3.05, 3.63) is 24.3 Å². The van der Waals surface area contributed by atoms with Gasteiger partial charge >= 0.3 is 0 Å². The molecule has 5 nitrogen and oxygen atoms in total. The number of hydrogen-bond donors (Lipinski definition) is 2. The molecule has 1 aromatic rings. The maximum Gasteiger partial charge on any atom is 0.193 e.